The Morgan fingerprint density at radius 2 is 2.31 bits per heavy atom. The zero-order valence-electron chi connectivity index (χ0n) is 7.38. The van der Waals surface area contributed by atoms with Gasteiger partial charge in [-0.1, -0.05) is 24.2 Å². The maximum absolute atomic E-state index is 9.23. The fraction of sp³-hybridized carbons (Fsp3) is 0.200. The Hall–Kier alpha value is -1.15. The van der Waals surface area contributed by atoms with Crippen molar-refractivity contribution >= 4 is 11.6 Å². The van der Waals surface area contributed by atoms with Crippen LogP contribution in [0, 0.1) is 0 Å². The van der Waals surface area contributed by atoms with Gasteiger partial charge in [-0.3, -0.25) is 0 Å². The van der Waals surface area contributed by atoms with Gasteiger partial charge >= 0.3 is 0 Å². The smallest absolute Gasteiger partial charge is 0.142 e. The van der Waals surface area contributed by atoms with Crippen molar-refractivity contribution in [1.82, 2.24) is 0 Å². The number of halogens is 1. The molecule has 0 aliphatic heterocycles. The van der Waals surface area contributed by atoms with Crippen molar-refractivity contribution in [3.63, 3.8) is 0 Å². The number of ether oxygens (including phenoxy) is 1. The fourth-order valence-corrected chi connectivity index (χ4v) is 0.992. The topological polar surface area (TPSA) is 29.5 Å². The van der Waals surface area contributed by atoms with Crippen molar-refractivity contribution in [1.29, 1.82) is 0 Å². The van der Waals surface area contributed by atoms with Crippen LogP contribution in [-0.4, -0.2) is 11.7 Å². The van der Waals surface area contributed by atoms with Crippen LogP contribution in [0.5, 0.6) is 11.5 Å². The molecule has 0 radical (unpaired) electrons. The molecular formula is C10H11ClO2. The zero-order chi connectivity index (χ0) is 9.84. The van der Waals surface area contributed by atoms with Gasteiger partial charge in [0.15, 0.2) is 0 Å². The lowest BCUT2D eigenvalue weighted by Crippen LogP contribution is -1.97. The highest BCUT2D eigenvalue weighted by Gasteiger charge is 2.04. The van der Waals surface area contributed by atoms with Gasteiger partial charge in [0.05, 0.1) is 0 Å². The Morgan fingerprint density at radius 3 is 2.92 bits per heavy atom. The summed E-state index contributed by atoms with van der Waals surface area (Å²) in [6, 6.07) is 4.88. The molecule has 0 bridgehead atoms. The maximum Gasteiger partial charge on any atom is 0.142 e. The number of aromatic hydroxyl groups is 1. The molecule has 0 atom stereocenters. The van der Waals surface area contributed by atoms with Crippen LogP contribution in [0.1, 0.15) is 6.92 Å². The standard InChI is InChI=1S/C10H11ClO2/c1-7(2)6-13-9-5-3-4-8(12)10(9)11/h3-5,12H,1,6H2,2H3. The second-order valence-electron chi connectivity index (χ2n) is 2.84. The predicted octanol–water partition coefficient (Wildman–Crippen LogP) is 3.00. The van der Waals surface area contributed by atoms with E-state index in [0.29, 0.717) is 12.4 Å². The van der Waals surface area contributed by atoms with Crippen molar-refractivity contribution in [2.45, 2.75) is 6.92 Å². The number of phenols is 1. The molecule has 0 unspecified atom stereocenters. The fourth-order valence-electron chi connectivity index (χ4n) is 0.812. The summed E-state index contributed by atoms with van der Waals surface area (Å²) in [5.41, 5.74) is 0.902. The lowest BCUT2D eigenvalue weighted by molar-refractivity contribution is 0.350. The van der Waals surface area contributed by atoms with Gasteiger partial charge in [-0.25, -0.2) is 0 Å². The van der Waals surface area contributed by atoms with Crippen LogP contribution in [0.4, 0.5) is 0 Å². The molecule has 0 spiro atoms. The molecule has 0 aliphatic carbocycles. The summed E-state index contributed by atoms with van der Waals surface area (Å²) in [6.45, 7) is 5.96. The first-order valence-corrected chi connectivity index (χ1v) is 4.23. The van der Waals surface area contributed by atoms with Gasteiger partial charge in [-0.05, 0) is 24.6 Å². The zero-order valence-corrected chi connectivity index (χ0v) is 8.14. The van der Waals surface area contributed by atoms with E-state index in [1.54, 1.807) is 12.1 Å². The first-order chi connectivity index (χ1) is 6.11. The Kier molecular flexibility index (Phi) is 3.20. The van der Waals surface area contributed by atoms with Crippen LogP contribution in [0.25, 0.3) is 0 Å². The molecule has 3 heteroatoms. The lowest BCUT2D eigenvalue weighted by atomic mass is 10.3. The summed E-state index contributed by atoms with van der Waals surface area (Å²) >= 11 is 5.77. The number of rotatable bonds is 3. The van der Waals surface area contributed by atoms with Crippen molar-refractivity contribution < 1.29 is 9.84 Å². The molecule has 0 saturated carbocycles. The first-order valence-electron chi connectivity index (χ1n) is 3.86. The van der Waals surface area contributed by atoms with E-state index in [0.717, 1.165) is 5.57 Å². The molecule has 0 saturated heterocycles. The van der Waals surface area contributed by atoms with Gasteiger partial charge < -0.3 is 9.84 Å². The van der Waals surface area contributed by atoms with E-state index >= 15 is 0 Å². The molecule has 1 N–H and O–H groups in total. The van der Waals surface area contributed by atoms with Gasteiger partial charge in [0.1, 0.15) is 23.1 Å². The number of benzene rings is 1. The maximum atomic E-state index is 9.23. The Balaban J connectivity index is 2.77. The average Bonchev–Trinajstić information content (AvgIpc) is 2.07. The number of phenolic OH excluding ortho intramolecular Hbond substituents is 1. The third-order valence-electron chi connectivity index (χ3n) is 1.42. The summed E-state index contributed by atoms with van der Waals surface area (Å²) in [6.07, 6.45) is 0. The first kappa shape index (κ1) is 9.93. The van der Waals surface area contributed by atoms with Crippen LogP contribution in [0.15, 0.2) is 30.4 Å². The van der Waals surface area contributed by atoms with Crippen LogP contribution < -0.4 is 4.74 Å². The second-order valence-corrected chi connectivity index (χ2v) is 3.21. The quantitative estimate of drug-likeness (QED) is 0.757. The summed E-state index contributed by atoms with van der Waals surface area (Å²) in [5.74, 6) is 0.505. The van der Waals surface area contributed by atoms with E-state index < -0.39 is 0 Å². The molecule has 70 valence electrons. The molecule has 1 aromatic rings. The van der Waals surface area contributed by atoms with Gasteiger partial charge in [-0.15, -0.1) is 0 Å². The van der Waals surface area contributed by atoms with Gasteiger partial charge in [-0.2, -0.15) is 0 Å². The molecular weight excluding hydrogens is 188 g/mol. The van der Waals surface area contributed by atoms with Crippen LogP contribution in [0.3, 0.4) is 0 Å². The normalized spacial score (nSPS) is 9.69. The minimum Gasteiger partial charge on any atom is -0.506 e. The largest absolute Gasteiger partial charge is 0.506 e. The van der Waals surface area contributed by atoms with E-state index in [2.05, 4.69) is 6.58 Å². The number of hydrogen-bond donors (Lipinski definition) is 1. The molecule has 1 aromatic carbocycles. The van der Waals surface area contributed by atoms with Crippen LogP contribution in [0.2, 0.25) is 5.02 Å². The highest BCUT2D eigenvalue weighted by molar-refractivity contribution is 6.33. The lowest BCUT2D eigenvalue weighted by Gasteiger charge is -2.07. The minimum absolute atomic E-state index is 0.0286. The van der Waals surface area contributed by atoms with Crippen LogP contribution >= 0.6 is 11.6 Å². The third kappa shape index (κ3) is 2.67. The van der Waals surface area contributed by atoms with Crippen molar-refractivity contribution in [2.24, 2.45) is 0 Å². The predicted molar refractivity (Wildman–Crippen MR) is 53.4 cm³/mol. The molecule has 2 nitrogen and oxygen atoms in total. The van der Waals surface area contributed by atoms with Crippen molar-refractivity contribution in [2.75, 3.05) is 6.61 Å². The molecule has 1 rings (SSSR count). The Bertz CT molecular complexity index is 321. The highest BCUT2D eigenvalue weighted by atomic mass is 35.5. The summed E-state index contributed by atoms with van der Waals surface area (Å²) in [4.78, 5) is 0. The Labute approximate surface area is 82.4 Å². The minimum atomic E-state index is 0.0286. The summed E-state index contributed by atoms with van der Waals surface area (Å²) in [5, 5.41) is 9.47. The monoisotopic (exact) mass is 198 g/mol. The molecule has 0 heterocycles. The summed E-state index contributed by atoms with van der Waals surface area (Å²) < 4.78 is 5.29. The van der Waals surface area contributed by atoms with E-state index in [4.69, 9.17) is 16.3 Å². The molecule has 13 heavy (non-hydrogen) atoms. The second kappa shape index (κ2) is 4.19. The van der Waals surface area contributed by atoms with Gasteiger partial charge in [0.25, 0.3) is 0 Å². The van der Waals surface area contributed by atoms with E-state index in [9.17, 15) is 5.11 Å². The molecule has 0 amide bonds. The van der Waals surface area contributed by atoms with Gasteiger partial charge in [0.2, 0.25) is 0 Å². The number of hydrogen-bond acceptors (Lipinski definition) is 2. The average molecular weight is 199 g/mol. The molecule has 0 aromatic heterocycles. The van der Waals surface area contributed by atoms with E-state index in [-0.39, 0.29) is 10.8 Å². The van der Waals surface area contributed by atoms with Crippen LogP contribution in [-0.2, 0) is 0 Å². The highest BCUT2D eigenvalue weighted by Crippen LogP contribution is 2.32. The third-order valence-corrected chi connectivity index (χ3v) is 1.80. The van der Waals surface area contributed by atoms with E-state index in [1.807, 2.05) is 6.92 Å². The van der Waals surface area contributed by atoms with E-state index in [1.165, 1.54) is 6.07 Å². The van der Waals surface area contributed by atoms with Crippen molar-refractivity contribution in [3.05, 3.63) is 35.4 Å². The molecule has 0 fully saturated rings. The molecule has 0 aliphatic rings. The van der Waals surface area contributed by atoms with Gasteiger partial charge in [0, 0.05) is 0 Å². The Morgan fingerprint density at radius 1 is 1.62 bits per heavy atom. The summed E-state index contributed by atoms with van der Waals surface area (Å²) in [7, 11) is 0. The SMILES string of the molecule is C=C(C)COc1cccc(O)c1Cl. The van der Waals surface area contributed by atoms with Crippen molar-refractivity contribution in [3.8, 4) is 11.5 Å².